The van der Waals surface area contributed by atoms with Crippen molar-refractivity contribution in [1.29, 1.82) is 0 Å². The summed E-state index contributed by atoms with van der Waals surface area (Å²) in [4.78, 5) is 12.7. The van der Waals surface area contributed by atoms with Crippen molar-refractivity contribution in [2.75, 3.05) is 6.61 Å². The van der Waals surface area contributed by atoms with Gasteiger partial charge in [-0.1, -0.05) is 371 Å². The first-order chi connectivity index (χ1) is 40.5. The zero-order chi connectivity index (χ0) is 59.4. The molecule has 0 aliphatic heterocycles. The Balaban J connectivity index is 3.56. The summed E-state index contributed by atoms with van der Waals surface area (Å²) >= 11 is 0. The van der Waals surface area contributed by atoms with Crippen LogP contribution in [-0.2, 0) is 4.79 Å². The number of aliphatic hydroxyl groups is 4. The molecule has 0 aromatic heterocycles. The quantitative estimate of drug-likeness (QED) is 0.0308. The van der Waals surface area contributed by atoms with Crippen molar-refractivity contribution in [3.05, 3.63) is 36.5 Å². The molecule has 0 saturated heterocycles. The third-order valence-corrected chi connectivity index (χ3v) is 17.8. The monoisotopic (exact) mass is 1150 g/mol. The number of amides is 1. The summed E-state index contributed by atoms with van der Waals surface area (Å²) in [7, 11) is 0. The van der Waals surface area contributed by atoms with Crippen LogP contribution < -0.4 is 5.32 Å². The van der Waals surface area contributed by atoms with Gasteiger partial charge in [0.15, 0.2) is 0 Å². The fourth-order valence-electron chi connectivity index (χ4n) is 12.0. The van der Waals surface area contributed by atoms with Crippen molar-refractivity contribution < 1.29 is 25.2 Å². The topological polar surface area (TPSA) is 110 Å². The summed E-state index contributed by atoms with van der Waals surface area (Å²) in [5, 5.41) is 44.2. The summed E-state index contributed by atoms with van der Waals surface area (Å²) in [6.07, 6.45) is 91.6. The predicted molar refractivity (Wildman–Crippen MR) is 362 cm³/mol. The lowest BCUT2D eigenvalue weighted by atomic mass is 10.00. The van der Waals surface area contributed by atoms with Crippen LogP contribution in [0.15, 0.2) is 36.5 Å². The molecule has 6 nitrogen and oxygen atoms in total. The summed E-state index contributed by atoms with van der Waals surface area (Å²) in [5.74, 6) is -0.591. The van der Waals surface area contributed by atoms with Gasteiger partial charge in [-0.3, -0.25) is 4.79 Å². The van der Waals surface area contributed by atoms with Gasteiger partial charge >= 0.3 is 0 Å². The largest absolute Gasteiger partial charge is 0.394 e. The zero-order valence-electron chi connectivity index (χ0n) is 55.5. The molecule has 6 heteroatoms. The fraction of sp³-hybridized carbons (Fsp3) is 0.908. The lowest BCUT2D eigenvalue weighted by Crippen LogP contribution is -2.53. The molecule has 0 rings (SSSR count). The van der Waals surface area contributed by atoms with Crippen LogP contribution in [0.2, 0.25) is 0 Å². The standard InChI is InChI=1S/C76H147NO5/c1-3-5-7-9-11-13-15-17-19-21-23-25-27-29-31-33-35-36-37-38-39-40-42-44-46-48-50-52-54-56-58-60-62-64-66-68-70-74(80)76(82)77-72(71-78)75(81)73(79)69-67-65-63-61-59-57-55-53-51-49-47-45-43-41-34-32-30-28-26-24-22-20-18-16-14-12-10-8-6-4-2/h36-37,53,55,61,63,72-75,78-81H,3-35,38-52,54,56-60,62,64-71H2,1-2H3,(H,77,82)/b37-36-,55-53+,63-61+. The SMILES string of the molecule is CCCCCCCCCCCCCCCCCC/C=C\CCCCCCCCCCCCCCCCCCC(O)C(=O)NC(CO)C(O)C(O)CCC/C=C/CC/C=C/CCCCCCCCCCCCCCCCCCCCCCC. The lowest BCUT2D eigenvalue weighted by molar-refractivity contribution is -0.132. The number of aliphatic hydroxyl groups excluding tert-OH is 4. The van der Waals surface area contributed by atoms with E-state index in [2.05, 4.69) is 55.6 Å². The molecule has 0 aromatic carbocycles. The number of allylic oxidation sites excluding steroid dienone is 6. The van der Waals surface area contributed by atoms with E-state index in [4.69, 9.17) is 0 Å². The zero-order valence-corrected chi connectivity index (χ0v) is 55.5. The number of rotatable bonds is 70. The second-order valence-electron chi connectivity index (χ2n) is 26.0. The minimum atomic E-state index is -1.29. The molecule has 0 aromatic rings. The molecule has 0 aliphatic rings. The van der Waals surface area contributed by atoms with Gasteiger partial charge in [-0.2, -0.15) is 0 Å². The number of carbonyl (C=O) groups is 1. The van der Waals surface area contributed by atoms with Gasteiger partial charge in [0.25, 0.3) is 0 Å². The minimum Gasteiger partial charge on any atom is -0.394 e. The highest BCUT2D eigenvalue weighted by molar-refractivity contribution is 5.80. The first-order valence-electron chi connectivity index (χ1n) is 37.4. The number of nitrogens with one attached hydrogen (secondary N) is 1. The van der Waals surface area contributed by atoms with Gasteiger partial charge in [0.2, 0.25) is 5.91 Å². The summed E-state index contributed by atoms with van der Waals surface area (Å²) in [5.41, 5.74) is 0. The Labute approximate surface area is 513 Å². The first-order valence-corrected chi connectivity index (χ1v) is 37.4. The van der Waals surface area contributed by atoms with Crippen LogP contribution >= 0.6 is 0 Å². The van der Waals surface area contributed by atoms with Crippen LogP contribution in [0.25, 0.3) is 0 Å². The third-order valence-electron chi connectivity index (χ3n) is 17.8. The molecular weight excluding hydrogens is 1010 g/mol. The fourth-order valence-corrected chi connectivity index (χ4v) is 12.0. The van der Waals surface area contributed by atoms with Crippen molar-refractivity contribution >= 4 is 5.91 Å². The van der Waals surface area contributed by atoms with Gasteiger partial charge in [0.05, 0.1) is 18.8 Å². The lowest BCUT2D eigenvalue weighted by Gasteiger charge is -2.27. The molecule has 0 spiro atoms. The number of hydrogen-bond donors (Lipinski definition) is 5. The molecular formula is C76H147NO5. The Hall–Kier alpha value is -1.47. The Kier molecular flexibility index (Phi) is 69.0. The first kappa shape index (κ1) is 80.5. The minimum absolute atomic E-state index is 0.363. The van der Waals surface area contributed by atoms with E-state index in [9.17, 15) is 25.2 Å². The molecule has 0 bridgehead atoms. The maximum absolute atomic E-state index is 12.7. The molecule has 82 heavy (non-hydrogen) atoms. The Morgan fingerprint density at radius 2 is 0.512 bits per heavy atom. The van der Waals surface area contributed by atoms with Crippen LogP contribution in [-0.4, -0.2) is 57.3 Å². The molecule has 4 atom stereocenters. The maximum atomic E-state index is 12.7. The molecule has 486 valence electrons. The molecule has 0 heterocycles. The highest BCUT2D eigenvalue weighted by Gasteiger charge is 2.28. The Morgan fingerprint density at radius 3 is 0.768 bits per heavy atom. The normalized spacial score (nSPS) is 13.6. The van der Waals surface area contributed by atoms with Crippen LogP contribution in [0.4, 0.5) is 0 Å². The number of unbranched alkanes of at least 4 members (excludes halogenated alkanes) is 55. The molecule has 0 saturated carbocycles. The van der Waals surface area contributed by atoms with Crippen LogP contribution in [0.1, 0.15) is 412 Å². The van der Waals surface area contributed by atoms with Gasteiger partial charge in [0.1, 0.15) is 12.2 Å². The molecule has 0 aliphatic carbocycles. The molecule has 0 radical (unpaired) electrons. The Morgan fingerprint density at radius 1 is 0.293 bits per heavy atom. The average molecular weight is 1160 g/mol. The molecule has 1 amide bonds. The molecule has 5 N–H and O–H groups in total. The second-order valence-corrected chi connectivity index (χ2v) is 26.0. The summed E-state index contributed by atoms with van der Waals surface area (Å²) < 4.78 is 0. The van der Waals surface area contributed by atoms with Crippen LogP contribution in [0.5, 0.6) is 0 Å². The van der Waals surface area contributed by atoms with Gasteiger partial charge in [0, 0.05) is 0 Å². The maximum Gasteiger partial charge on any atom is 0.249 e. The summed E-state index contributed by atoms with van der Waals surface area (Å²) in [6, 6.07) is -1.01. The Bertz CT molecular complexity index is 1300. The van der Waals surface area contributed by atoms with E-state index in [0.717, 1.165) is 38.5 Å². The van der Waals surface area contributed by atoms with E-state index in [0.29, 0.717) is 19.3 Å². The third kappa shape index (κ3) is 63.0. The van der Waals surface area contributed by atoms with Crippen molar-refractivity contribution in [3.8, 4) is 0 Å². The number of carbonyl (C=O) groups excluding carboxylic acids is 1. The molecule has 0 fully saturated rings. The van der Waals surface area contributed by atoms with Crippen molar-refractivity contribution in [2.45, 2.75) is 436 Å². The van der Waals surface area contributed by atoms with E-state index in [1.807, 2.05) is 0 Å². The van der Waals surface area contributed by atoms with Crippen molar-refractivity contribution in [1.82, 2.24) is 5.32 Å². The average Bonchev–Trinajstić information content (AvgIpc) is 3.49. The van der Waals surface area contributed by atoms with Crippen molar-refractivity contribution in [2.24, 2.45) is 0 Å². The van der Waals surface area contributed by atoms with Crippen LogP contribution in [0.3, 0.4) is 0 Å². The van der Waals surface area contributed by atoms with E-state index in [1.165, 1.54) is 340 Å². The molecule has 4 unspecified atom stereocenters. The van der Waals surface area contributed by atoms with Gasteiger partial charge in [-0.25, -0.2) is 0 Å². The second kappa shape index (κ2) is 70.3. The van der Waals surface area contributed by atoms with E-state index in [-0.39, 0.29) is 0 Å². The van der Waals surface area contributed by atoms with E-state index >= 15 is 0 Å². The van der Waals surface area contributed by atoms with Gasteiger partial charge in [-0.15, -0.1) is 0 Å². The van der Waals surface area contributed by atoms with Gasteiger partial charge < -0.3 is 25.7 Å². The predicted octanol–water partition coefficient (Wildman–Crippen LogP) is 23.4. The van der Waals surface area contributed by atoms with Crippen molar-refractivity contribution in [3.63, 3.8) is 0 Å². The van der Waals surface area contributed by atoms with Gasteiger partial charge in [-0.05, 0) is 77.0 Å². The smallest absolute Gasteiger partial charge is 0.249 e. The van der Waals surface area contributed by atoms with Crippen LogP contribution in [0, 0.1) is 0 Å². The van der Waals surface area contributed by atoms with E-state index < -0.39 is 36.9 Å². The highest BCUT2D eigenvalue weighted by Crippen LogP contribution is 2.20. The summed E-state index contributed by atoms with van der Waals surface area (Å²) in [6.45, 7) is 4.10. The number of hydrogen-bond acceptors (Lipinski definition) is 5. The van der Waals surface area contributed by atoms with E-state index in [1.54, 1.807) is 0 Å². The highest BCUT2D eigenvalue weighted by atomic mass is 16.3.